The van der Waals surface area contributed by atoms with Gasteiger partial charge in [-0.1, -0.05) is 63.2 Å². The zero-order valence-corrected chi connectivity index (χ0v) is 21.5. The van der Waals surface area contributed by atoms with Crippen molar-refractivity contribution in [3.8, 4) is 0 Å². The standard InChI is InChI=1S/C26H33FN2O4Si/c1-26(2,3)34(4,5)33-28-22(19-14-16-21(27)17-15-19)12-9-13-24(30)29-23(18-32-25(29)31)20-10-7-6-8-11-20/h6-8,10-11,14-17,23H,9,12-13,18H2,1-5H3/b28-22+/t23-/m1/s1. The van der Waals surface area contributed by atoms with Crippen molar-refractivity contribution in [2.24, 2.45) is 5.16 Å². The van der Waals surface area contributed by atoms with E-state index in [1.807, 2.05) is 30.3 Å². The maximum absolute atomic E-state index is 13.5. The molecule has 0 aliphatic carbocycles. The number of nitrogens with zero attached hydrogens (tertiary/aromatic N) is 2. The molecule has 3 rings (SSSR count). The van der Waals surface area contributed by atoms with E-state index >= 15 is 0 Å². The second kappa shape index (κ2) is 10.5. The van der Waals surface area contributed by atoms with Gasteiger partial charge in [0.2, 0.25) is 5.91 Å². The fraction of sp³-hybridized carbons (Fsp3) is 0.423. The molecule has 0 radical (unpaired) electrons. The Morgan fingerprint density at radius 2 is 1.76 bits per heavy atom. The van der Waals surface area contributed by atoms with Crippen LogP contribution in [0.3, 0.4) is 0 Å². The van der Waals surface area contributed by atoms with Gasteiger partial charge in [0.25, 0.3) is 8.32 Å². The molecule has 1 atom stereocenters. The van der Waals surface area contributed by atoms with Crippen molar-refractivity contribution in [2.75, 3.05) is 6.61 Å². The molecule has 1 aliphatic heterocycles. The molecular weight excluding hydrogens is 451 g/mol. The molecule has 0 bridgehead atoms. The lowest BCUT2D eigenvalue weighted by Crippen LogP contribution is -2.39. The summed E-state index contributed by atoms with van der Waals surface area (Å²) in [5, 5.41) is 4.45. The van der Waals surface area contributed by atoms with E-state index in [1.165, 1.54) is 17.0 Å². The first kappa shape index (κ1) is 25.6. The van der Waals surface area contributed by atoms with E-state index in [-0.39, 0.29) is 29.8 Å². The van der Waals surface area contributed by atoms with Gasteiger partial charge in [0.05, 0.1) is 5.71 Å². The van der Waals surface area contributed by atoms with E-state index in [0.717, 1.165) is 11.1 Å². The van der Waals surface area contributed by atoms with Gasteiger partial charge in [-0.15, -0.1) is 5.16 Å². The van der Waals surface area contributed by atoms with Crippen LogP contribution in [0.1, 0.15) is 57.2 Å². The smallest absolute Gasteiger partial charge is 0.417 e. The van der Waals surface area contributed by atoms with Crippen LogP contribution >= 0.6 is 0 Å². The van der Waals surface area contributed by atoms with E-state index in [9.17, 15) is 14.0 Å². The van der Waals surface area contributed by atoms with Crippen LogP contribution in [0.25, 0.3) is 0 Å². The van der Waals surface area contributed by atoms with Crippen LogP contribution in [0.4, 0.5) is 9.18 Å². The van der Waals surface area contributed by atoms with Crippen molar-refractivity contribution in [3.63, 3.8) is 0 Å². The Balaban J connectivity index is 1.71. The van der Waals surface area contributed by atoms with Crippen molar-refractivity contribution < 1.29 is 23.2 Å². The summed E-state index contributed by atoms with van der Waals surface area (Å²) in [6, 6.07) is 15.0. The van der Waals surface area contributed by atoms with Crippen LogP contribution in [0.5, 0.6) is 0 Å². The van der Waals surface area contributed by atoms with E-state index in [1.54, 1.807) is 12.1 Å². The normalized spacial score (nSPS) is 17.0. The average molecular weight is 485 g/mol. The van der Waals surface area contributed by atoms with E-state index in [4.69, 9.17) is 9.26 Å². The Kier molecular flexibility index (Phi) is 7.92. The van der Waals surface area contributed by atoms with E-state index < -0.39 is 20.5 Å². The SMILES string of the molecule is CC(C)(C)[Si](C)(C)O/N=C(\CCCC(=O)N1C(=O)OC[C@@H]1c1ccccc1)c1ccc(F)cc1. The molecule has 8 heteroatoms. The second-order valence-corrected chi connectivity index (χ2v) is 14.7. The molecule has 0 aromatic heterocycles. The summed E-state index contributed by atoms with van der Waals surface area (Å²) in [6.07, 6.45) is 0.442. The van der Waals surface area contributed by atoms with Gasteiger partial charge < -0.3 is 9.26 Å². The first-order valence-electron chi connectivity index (χ1n) is 11.5. The number of ether oxygens (including phenoxy) is 1. The highest BCUT2D eigenvalue weighted by Crippen LogP contribution is 2.37. The lowest BCUT2D eigenvalue weighted by atomic mass is 10.0. The molecule has 2 aromatic rings. The van der Waals surface area contributed by atoms with Gasteiger partial charge in [0.15, 0.2) is 0 Å². The number of oxime groups is 1. The first-order valence-corrected chi connectivity index (χ1v) is 14.5. The lowest BCUT2D eigenvalue weighted by Gasteiger charge is -2.33. The van der Waals surface area contributed by atoms with Gasteiger partial charge in [-0.2, -0.15) is 0 Å². The first-order chi connectivity index (χ1) is 16.0. The van der Waals surface area contributed by atoms with Crippen LogP contribution in [0.2, 0.25) is 18.1 Å². The van der Waals surface area contributed by atoms with Crippen LogP contribution < -0.4 is 0 Å². The minimum Gasteiger partial charge on any atom is -0.455 e. The topological polar surface area (TPSA) is 68.2 Å². The molecule has 1 heterocycles. The number of benzene rings is 2. The minimum atomic E-state index is -2.15. The fourth-order valence-corrected chi connectivity index (χ4v) is 3.95. The summed E-state index contributed by atoms with van der Waals surface area (Å²) in [4.78, 5) is 26.4. The van der Waals surface area contributed by atoms with Gasteiger partial charge in [0, 0.05) is 6.42 Å². The highest BCUT2D eigenvalue weighted by Gasteiger charge is 2.40. The Morgan fingerprint density at radius 3 is 2.38 bits per heavy atom. The second-order valence-electron chi connectivity index (χ2n) is 10.0. The maximum Gasteiger partial charge on any atom is 0.417 e. The molecule has 1 saturated heterocycles. The lowest BCUT2D eigenvalue weighted by molar-refractivity contribution is -0.129. The molecule has 6 nitrogen and oxygen atoms in total. The van der Waals surface area contributed by atoms with Gasteiger partial charge in [0.1, 0.15) is 18.5 Å². The summed E-state index contributed by atoms with van der Waals surface area (Å²) in [6.45, 7) is 10.7. The van der Waals surface area contributed by atoms with Crippen molar-refractivity contribution in [1.29, 1.82) is 0 Å². The Morgan fingerprint density at radius 1 is 1.12 bits per heavy atom. The van der Waals surface area contributed by atoms with Gasteiger partial charge >= 0.3 is 6.09 Å². The average Bonchev–Trinajstić information content (AvgIpc) is 3.18. The van der Waals surface area contributed by atoms with Crippen LogP contribution in [0, 0.1) is 5.82 Å². The number of carbonyl (C=O) groups is 2. The number of imide groups is 1. The summed E-state index contributed by atoms with van der Waals surface area (Å²) >= 11 is 0. The van der Waals surface area contributed by atoms with Crippen LogP contribution in [-0.2, 0) is 14.1 Å². The molecule has 1 fully saturated rings. The molecule has 0 N–H and O–H groups in total. The summed E-state index contributed by atoms with van der Waals surface area (Å²) in [5.41, 5.74) is 2.26. The van der Waals surface area contributed by atoms with Crippen LogP contribution in [0.15, 0.2) is 59.8 Å². The number of cyclic esters (lactones) is 1. The van der Waals surface area contributed by atoms with Gasteiger partial charge in [-0.25, -0.2) is 14.1 Å². The maximum atomic E-state index is 13.5. The fourth-order valence-electron chi connectivity index (χ4n) is 3.34. The van der Waals surface area contributed by atoms with Crippen molar-refractivity contribution in [3.05, 3.63) is 71.5 Å². The molecule has 0 spiro atoms. The largest absolute Gasteiger partial charge is 0.455 e. The number of amides is 2. The van der Waals surface area contributed by atoms with Gasteiger partial charge in [-0.05, 0) is 54.2 Å². The van der Waals surface area contributed by atoms with Crippen molar-refractivity contribution >= 4 is 26.0 Å². The third kappa shape index (κ3) is 6.11. The van der Waals surface area contributed by atoms with Crippen molar-refractivity contribution in [1.82, 2.24) is 4.90 Å². The number of rotatable bonds is 8. The Hall–Kier alpha value is -3.00. The molecule has 1 aliphatic rings. The zero-order chi connectivity index (χ0) is 24.9. The zero-order valence-electron chi connectivity index (χ0n) is 20.5. The van der Waals surface area contributed by atoms with Gasteiger partial charge in [-0.3, -0.25) is 4.79 Å². The minimum absolute atomic E-state index is 0.0249. The van der Waals surface area contributed by atoms with Crippen LogP contribution in [-0.4, -0.2) is 37.5 Å². The number of hydrogen-bond donors (Lipinski definition) is 0. The molecule has 0 saturated carbocycles. The number of carbonyl (C=O) groups excluding carboxylic acids is 2. The van der Waals surface area contributed by atoms with E-state index in [2.05, 4.69) is 39.0 Å². The van der Waals surface area contributed by atoms with Crippen molar-refractivity contribution in [2.45, 2.75) is 64.2 Å². The van der Waals surface area contributed by atoms with E-state index in [0.29, 0.717) is 18.6 Å². The number of hydrogen-bond acceptors (Lipinski definition) is 5. The Labute approximate surface area is 201 Å². The highest BCUT2D eigenvalue weighted by molar-refractivity contribution is 6.74. The predicted molar refractivity (Wildman–Crippen MR) is 132 cm³/mol. The predicted octanol–water partition coefficient (Wildman–Crippen LogP) is 6.44. The molecule has 2 aromatic carbocycles. The quantitative estimate of drug-likeness (QED) is 0.246. The third-order valence-electron chi connectivity index (χ3n) is 6.50. The third-order valence-corrected chi connectivity index (χ3v) is 10.7. The Bertz CT molecular complexity index is 1030. The number of halogens is 1. The summed E-state index contributed by atoms with van der Waals surface area (Å²) < 4.78 is 24.7. The molecule has 0 unspecified atom stereocenters. The molecule has 2 amide bonds. The summed E-state index contributed by atoms with van der Waals surface area (Å²) in [5.74, 6) is -0.622. The molecule has 34 heavy (non-hydrogen) atoms. The summed E-state index contributed by atoms with van der Waals surface area (Å²) in [7, 11) is -2.15. The monoisotopic (exact) mass is 484 g/mol. The highest BCUT2D eigenvalue weighted by atomic mass is 28.4. The molecular formula is C26H33FN2O4Si. The molecule has 182 valence electrons.